The molecule has 2 fully saturated rings. The van der Waals surface area contributed by atoms with Gasteiger partial charge in [0, 0.05) is 18.6 Å². The Labute approximate surface area is 87.2 Å². The molecule has 0 bridgehead atoms. The van der Waals surface area contributed by atoms with Crippen LogP contribution in [0.15, 0.2) is 0 Å². The summed E-state index contributed by atoms with van der Waals surface area (Å²) in [5, 5.41) is 0. The molecule has 0 aromatic rings. The Morgan fingerprint density at radius 1 is 1.36 bits per heavy atom. The van der Waals surface area contributed by atoms with Gasteiger partial charge < -0.3 is 10.6 Å². The van der Waals surface area contributed by atoms with Crippen LogP contribution in [-0.2, 0) is 0 Å². The topological polar surface area (TPSA) is 32.5 Å². The fourth-order valence-electron chi connectivity index (χ4n) is 2.47. The molecule has 1 heterocycles. The van der Waals surface area contributed by atoms with Crippen LogP contribution < -0.4 is 5.73 Å². The molecule has 2 rings (SSSR count). The molecule has 1 aliphatic heterocycles. The molecule has 14 heavy (non-hydrogen) atoms. The molecular weight excluding hydrogens is 174 g/mol. The first-order valence-corrected chi connectivity index (χ1v) is 5.76. The highest BCUT2D eigenvalue weighted by Crippen LogP contribution is 2.42. The van der Waals surface area contributed by atoms with Crippen LogP contribution in [-0.4, -0.2) is 55.6 Å². The summed E-state index contributed by atoms with van der Waals surface area (Å²) in [6.07, 6.45) is 4.03. The molecule has 1 saturated heterocycles. The molecule has 3 heteroatoms. The van der Waals surface area contributed by atoms with Gasteiger partial charge in [0.1, 0.15) is 0 Å². The maximum Gasteiger partial charge on any atom is 0.0440 e. The summed E-state index contributed by atoms with van der Waals surface area (Å²) in [6, 6.07) is 0. The minimum absolute atomic E-state index is 0.206. The summed E-state index contributed by atoms with van der Waals surface area (Å²) >= 11 is 0. The second kappa shape index (κ2) is 3.80. The Balaban J connectivity index is 1.58. The predicted molar refractivity (Wildman–Crippen MR) is 59.3 cm³/mol. The first-order chi connectivity index (χ1) is 6.60. The highest BCUT2D eigenvalue weighted by molar-refractivity contribution is 5.08. The van der Waals surface area contributed by atoms with Crippen LogP contribution in [0, 0.1) is 5.92 Å². The van der Waals surface area contributed by atoms with Gasteiger partial charge in [0.2, 0.25) is 0 Å². The average Bonchev–Trinajstić information content (AvgIpc) is 2.82. The minimum atomic E-state index is 0.206. The summed E-state index contributed by atoms with van der Waals surface area (Å²) in [6.45, 7) is 4.71. The van der Waals surface area contributed by atoms with Crippen molar-refractivity contribution in [2.75, 3.05) is 40.3 Å². The van der Waals surface area contributed by atoms with E-state index in [0.717, 1.165) is 19.0 Å². The van der Waals surface area contributed by atoms with Crippen molar-refractivity contribution in [2.45, 2.75) is 24.8 Å². The number of hydrogen-bond donors (Lipinski definition) is 1. The fraction of sp³-hybridized carbons (Fsp3) is 1.00. The first kappa shape index (κ1) is 10.4. The van der Waals surface area contributed by atoms with E-state index in [9.17, 15) is 0 Å². The van der Waals surface area contributed by atoms with Crippen molar-refractivity contribution in [1.29, 1.82) is 0 Å². The van der Waals surface area contributed by atoms with E-state index in [2.05, 4.69) is 23.9 Å². The van der Waals surface area contributed by atoms with Crippen molar-refractivity contribution >= 4 is 0 Å². The van der Waals surface area contributed by atoms with Crippen molar-refractivity contribution in [1.82, 2.24) is 9.80 Å². The molecule has 0 amide bonds. The van der Waals surface area contributed by atoms with Gasteiger partial charge in [0.15, 0.2) is 0 Å². The molecule has 3 nitrogen and oxygen atoms in total. The summed E-state index contributed by atoms with van der Waals surface area (Å²) in [5.74, 6) is 0.854. The largest absolute Gasteiger partial charge is 0.323 e. The molecule has 0 atom stereocenters. The zero-order valence-corrected chi connectivity index (χ0v) is 9.50. The third-order valence-electron chi connectivity index (χ3n) is 3.51. The number of hydrogen-bond acceptors (Lipinski definition) is 3. The van der Waals surface area contributed by atoms with Crippen molar-refractivity contribution < 1.29 is 0 Å². The summed E-state index contributed by atoms with van der Waals surface area (Å²) < 4.78 is 0. The maximum absolute atomic E-state index is 6.28. The molecule has 1 aliphatic carbocycles. The molecule has 82 valence electrons. The lowest BCUT2D eigenvalue weighted by Crippen LogP contribution is -2.68. The Morgan fingerprint density at radius 3 is 2.50 bits per heavy atom. The number of likely N-dealkylation sites (tertiary alicyclic amines) is 1. The quantitative estimate of drug-likeness (QED) is 0.691. The van der Waals surface area contributed by atoms with E-state index in [1.165, 1.54) is 32.4 Å². The van der Waals surface area contributed by atoms with Gasteiger partial charge in [-0.1, -0.05) is 0 Å². The molecule has 2 N–H and O–H groups in total. The first-order valence-electron chi connectivity index (χ1n) is 5.76. The predicted octanol–water partition coefficient (Wildman–Crippen LogP) is 0.361. The van der Waals surface area contributed by atoms with Gasteiger partial charge >= 0.3 is 0 Å². The van der Waals surface area contributed by atoms with Crippen molar-refractivity contribution in [2.24, 2.45) is 11.7 Å². The average molecular weight is 197 g/mol. The SMILES string of the molecule is CN(C)CCCN1CC(N)(C2CC2)C1. The second-order valence-corrected chi connectivity index (χ2v) is 5.37. The standard InChI is InChI=1S/C11H23N3/c1-13(2)6-3-7-14-8-11(12,9-14)10-4-5-10/h10H,3-9,12H2,1-2H3. The van der Waals surface area contributed by atoms with Crippen molar-refractivity contribution in [3.63, 3.8) is 0 Å². The highest BCUT2D eigenvalue weighted by Gasteiger charge is 2.49. The third-order valence-corrected chi connectivity index (χ3v) is 3.51. The van der Waals surface area contributed by atoms with Crippen LogP contribution in [0.3, 0.4) is 0 Å². The molecule has 0 spiro atoms. The Hall–Kier alpha value is -0.120. The van der Waals surface area contributed by atoms with Crippen LogP contribution in [0.5, 0.6) is 0 Å². The third kappa shape index (κ3) is 2.27. The summed E-state index contributed by atoms with van der Waals surface area (Å²) in [7, 11) is 4.26. The van der Waals surface area contributed by atoms with E-state index >= 15 is 0 Å². The summed E-state index contributed by atoms with van der Waals surface area (Å²) in [5.41, 5.74) is 6.48. The van der Waals surface area contributed by atoms with Gasteiger partial charge in [-0.05, 0) is 52.4 Å². The molecule has 0 radical (unpaired) electrons. The van der Waals surface area contributed by atoms with Crippen LogP contribution in [0.25, 0.3) is 0 Å². The summed E-state index contributed by atoms with van der Waals surface area (Å²) in [4.78, 5) is 4.75. The van der Waals surface area contributed by atoms with Crippen LogP contribution in [0.1, 0.15) is 19.3 Å². The Bertz CT molecular complexity index is 193. The normalized spacial score (nSPS) is 26.6. The fourth-order valence-corrected chi connectivity index (χ4v) is 2.47. The minimum Gasteiger partial charge on any atom is -0.323 e. The molecule has 0 aromatic heterocycles. The lowest BCUT2D eigenvalue weighted by molar-refractivity contribution is 0.0523. The Morgan fingerprint density at radius 2 is 2.00 bits per heavy atom. The van der Waals surface area contributed by atoms with E-state index < -0.39 is 0 Å². The van der Waals surface area contributed by atoms with Gasteiger partial charge in [-0.25, -0.2) is 0 Å². The van der Waals surface area contributed by atoms with Crippen molar-refractivity contribution in [3.8, 4) is 0 Å². The molecular formula is C11H23N3. The van der Waals surface area contributed by atoms with Gasteiger partial charge in [-0.3, -0.25) is 4.90 Å². The van der Waals surface area contributed by atoms with Gasteiger partial charge in [-0.2, -0.15) is 0 Å². The maximum atomic E-state index is 6.28. The van der Waals surface area contributed by atoms with Gasteiger partial charge in [0.05, 0.1) is 0 Å². The van der Waals surface area contributed by atoms with Crippen LogP contribution in [0.2, 0.25) is 0 Å². The zero-order chi connectivity index (χ0) is 10.2. The van der Waals surface area contributed by atoms with Crippen LogP contribution in [0.4, 0.5) is 0 Å². The van der Waals surface area contributed by atoms with Gasteiger partial charge in [-0.15, -0.1) is 0 Å². The van der Waals surface area contributed by atoms with E-state index in [-0.39, 0.29) is 5.54 Å². The lowest BCUT2D eigenvalue weighted by Gasteiger charge is -2.48. The second-order valence-electron chi connectivity index (χ2n) is 5.37. The van der Waals surface area contributed by atoms with E-state index in [1.54, 1.807) is 0 Å². The van der Waals surface area contributed by atoms with Crippen LogP contribution >= 0.6 is 0 Å². The number of nitrogens with two attached hydrogens (primary N) is 1. The molecule has 2 aliphatic rings. The van der Waals surface area contributed by atoms with E-state index in [0.29, 0.717) is 0 Å². The smallest absolute Gasteiger partial charge is 0.0440 e. The molecule has 1 saturated carbocycles. The number of nitrogens with zero attached hydrogens (tertiary/aromatic N) is 2. The molecule has 0 unspecified atom stereocenters. The van der Waals surface area contributed by atoms with Gasteiger partial charge in [0.25, 0.3) is 0 Å². The molecule has 0 aromatic carbocycles. The Kier molecular flexibility index (Phi) is 2.82. The van der Waals surface area contributed by atoms with E-state index in [1.807, 2.05) is 0 Å². The van der Waals surface area contributed by atoms with Crippen molar-refractivity contribution in [3.05, 3.63) is 0 Å². The van der Waals surface area contributed by atoms with E-state index in [4.69, 9.17) is 5.73 Å². The highest BCUT2D eigenvalue weighted by atomic mass is 15.3. The zero-order valence-electron chi connectivity index (χ0n) is 9.50. The lowest BCUT2D eigenvalue weighted by atomic mass is 9.85. The number of rotatable bonds is 5. The monoisotopic (exact) mass is 197 g/mol.